The van der Waals surface area contributed by atoms with E-state index in [0.29, 0.717) is 5.88 Å². The van der Waals surface area contributed by atoms with Crippen LogP contribution in [0.5, 0.6) is 0 Å². The summed E-state index contributed by atoms with van der Waals surface area (Å²) in [6.45, 7) is 0.987. The number of hydrogen-bond acceptors (Lipinski definition) is 2. The average Bonchev–Trinajstić information content (AvgIpc) is 2.65. The number of fused-ring (bicyclic) bond motifs is 1. The van der Waals surface area contributed by atoms with Crippen LogP contribution in [0.4, 0.5) is 5.82 Å². The first-order chi connectivity index (χ1) is 6.90. The highest BCUT2D eigenvalue weighted by atomic mass is 35.5. The highest BCUT2D eigenvalue weighted by molar-refractivity contribution is 6.18. The van der Waals surface area contributed by atoms with Gasteiger partial charge in [-0.05, 0) is 18.1 Å². The van der Waals surface area contributed by atoms with Crippen molar-refractivity contribution < 1.29 is 0 Å². The third kappa shape index (κ3) is 2.00. The van der Waals surface area contributed by atoms with Crippen LogP contribution in [0.15, 0.2) is 12.3 Å². The van der Waals surface area contributed by atoms with Crippen LogP contribution >= 0.6 is 11.6 Å². The topological polar surface area (TPSA) is 24.9 Å². The Labute approximate surface area is 88.7 Å². The lowest BCUT2D eigenvalue weighted by Gasteiger charge is -1.97. The zero-order valence-electron chi connectivity index (χ0n) is 7.81. The van der Waals surface area contributed by atoms with Crippen molar-refractivity contribution in [2.45, 2.75) is 12.8 Å². The molecule has 0 saturated heterocycles. The van der Waals surface area contributed by atoms with Crippen LogP contribution in [-0.4, -0.2) is 17.4 Å². The number of alkyl halides is 1. The zero-order valence-corrected chi connectivity index (χ0v) is 8.56. The van der Waals surface area contributed by atoms with E-state index in [4.69, 9.17) is 11.6 Å². The maximum Gasteiger partial charge on any atom is 0.129 e. The van der Waals surface area contributed by atoms with Crippen molar-refractivity contribution in [3.63, 3.8) is 0 Å². The monoisotopic (exact) mass is 206 g/mol. The predicted molar refractivity (Wildman–Crippen MR) is 58.6 cm³/mol. The molecule has 14 heavy (non-hydrogen) atoms. The van der Waals surface area contributed by atoms with Gasteiger partial charge in [0.15, 0.2) is 0 Å². The Balaban J connectivity index is 2.18. The number of nitrogens with zero attached hydrogens (tertiary/aromatic N) is 1. The molecule has 0 bridgehead atoms. The van der Waals surface area contributed by atoms with E-state index in [2.05, 4.69) is 28.2 Å². The van der Waals surface area contributed by atoms with E-state index in [-0.39, 0.29) is 0 Å². The van der Waals surface area contributed by atoms with Gasteiger partial charge in [0, 0.05) is 30.6 Å². The van der Waals surface area contributed by atoms with Crippen molar-refractivity contribution in [3.05, 3.63) is 23.4 Å². The molecular formula is C11H11ClN2. The van der Waals surface area contributed by atoms with Gasteiger partial charge in [0.2, 0.25) is 0 Å². The number of halogens is 1. The molecule has 0 spiro atoms. The quantitative estimate of drug-likeness (QED) is 0.562. The number of rotatable bonds is 1. The maximum absolute atomic E-state index is 5.53. The summed E-state index contributed by atoms with van der Waals surface area (Å²) in [4.78, 5) is 4.29. The Morgan fingerprint density at radius 3 is 3.36 bits per heavy atom. The second-order valence-electron chi connectivity index (χ2n) is 3.15. The summed E-state index contributed by atoms with van der Waals surface area (Å²) in [6, 6.07) is 2.10. The van der Waals surface area contributed by atoms with Crippen molar-refractivity contribution in [1.29, 1.82) is 0 Å². The van der Waals surface area contributed by atoms with E-state index in [9.17, 15) is 0 Å². The molecular weight excluding hydrogens is 196 g/mol. The van der Waals surface area contributed by atoms with E-state index in [1.807, 2.05) is 0 Å². The molecule has 1 N–H and O–H groups in total. The standard InChI is InChI=1S/C11H11ClN2/c12-5-2-1-3-9-7-10-4-6-13-11(10)14-8-9/h7-8H,2,4-6H2,(H,13,14). The molecule has 2 rings (SSSR count). The molecule has 0 unspecified atom stereocenters. The van der Waals surface area contributed by atoms with Crippen LogP contribution in [0.3, 0.4) is 0 Å². The zero-order chi connectivity index (χ0) is 9.80. The van der Waals surface area contributed by atoms with Gasteiger partial charge in [-0.3, -0.25) is 0 Å². The molecule has 2 nitrogen and oxygen atoms in total. The molecule has 1 aliphatic heterocycles. The molecule has 1 aromatic heterocycles. The third-order valence-electron chi connectivity index (χ3n) is 2.11. The number of hydrogen-bond donors (Lipinski definition) is 1. The van der Waals surface area contributed by atoms with E-state index < -0.39 is 0 Å². The van der Waals surface area contributed by atoms with Crippen molar-refractivity contribution in [2.24, 2.45) is 0 Å². The van der Waals surface area contributed by atoms with Crippen LogP contribution in [0.1, 0.15) is 17.5 Å². The molecule has 72 valence electrons. The largest absolute Gasteiger partial charge is 0.370 e. The minimum atomic E-state index is 0.590. The lowest BCUT2D eigenvalue weighted by atomic mass is 10.2. The van der Waals surface area contributed by atoms with Crippen LogP contribution in [0.25, 0.3) is 0 Å². The SMILES string of the molecule is ClCCC#Cc1cnc2c(c1)CCN2. The molecule has 0 amide bonds. The molecule has 0 aromatic carbocycles. The van der Waals surface area contributed by atoms with Crippen LogP contribution < -0.4 is 5.32 Å². The highest BCUT2D eigenvalue weighted by Gasteiger charge is 2.10. The molecule has 0 radical (unpaired) electrons. The van der Waals surface area contributed by atoms with Gasteiger partial charge < -0.3 is 5.32 Å². The first-order valence-corrected chi connectivity index (χ1v) is 5.21. The molecule has 0 saturated carbocycles. The fourth-order valence-electron chi connectivity index (χ4n) is 1.46. The van der Waals surface area contributed by atoms with Gasteiger partial charge in [-0.2, -0.15) is 0 Å². The Hall–Kier alpha value is -1.20. The van der Waals surface area contributed by atoms with Crippen molar-refractivity contribution in [1.82, 2.24) is 4.98 Å². The van der Waals surface area contributed by atoms with Crippen LogP contribution in [0.2, 0.25) is 0 Å². The number of anilines is 1. The summed E-state index contributed by atoms with van der Waals surface area (Å²) >= 11 is 5.53. The summed E-state index contributed by atoms with van der Waals surface area (Å²) in [7, 11) is 0. The lowest BCUT2D eigenvalue weighted by Crippen LogP contribution is -1.92. The van der Waals surface area contributed by atoms with Crippen molar-refractivity contribution >= 4 is 17.4 Å². The molecule has 0 atom stereocenters. The minimum absolute atomic E-state index is 0.590. The Bertz CT molecular complexity index is 390. The normalized spacial score (nSPS) is 12.6. The second-order valence-corrected chi connectivity index (χ2v) is 3.53. The smallest absolute Gasteiger partial charge is 0.129 e. The van der Waals surface area contributed by atoms with Gasteiger partial charge in [0.05, 0.1) is 0 Å². The molecule has 3 heteroatoms. The lowest BCUT2D eigenvalue weighted by molar-refractivity contribution is 1.11. The van der Waals surface area contributed by atoms with Gasteiger partial charge in [-0.15, -0.1) is 11.6 Å². The molecule has 0 aliphatic carbocycles. The van der Waals surface area contributed by atoms with Crippen LogP contribution in [-0.2, 0) is 6.42 Å². The van der Waals surface area contributed by atoms with E-state index in [0.717, 1.165) is 30.8 Å². The van der Waals surface area contributed by atoms with Crippen molar-refractivity contribution in [3.8, 4) is 11.8 Å². The third-order valence-corrected chi connectivity index (χ3v) is 2.29. The second kappa shape index (κ2) is 4.34. The Morgan fingerprint density at radius 1 is 1.57 bits per heavy atom. The summed E-state index contributed by atoms with van der Waals surface area (Å²) in [5, 5.41) is 3.21. The highest BCUT2D eigenvalue weighted by Crippen LogP contribution is 2.19. The van der Waals surface area contributed by atoms with E-state index in [1.54, 1.807) is 6.20 Å². The molecule has 0 fully saturated rings. The van der Waals surface area contributed by atoms with Crippen molar-refractivity contribution in [2.75, 3.05) is 17.7 Å². The van der Waals surface area contributed by atoms with Crippen LogP contribution in [0, 0.1) is 11.8 Å². The summed E-state index contributed by atoms with van der Waals surface area (Å²) < 4.78 is 0. The fraction of sp³-hybridized carbons (Fsp3) is 0.364. The number of pyridine rings is 1. The maximum atomic E-state index is 5.53. The predicted octanol–water partition coefficient (Wildman–Crippen LogP) is 2.03. The summed E-state index contributed by atoms with van der Waals surface area (Å²) in [5.41, 5.74) is 2.25. The number of aromatic nitrogens is 1. The molecule has 1 aromatic rings. The molecule has 2 heterocycles. The first-order valence-electron chi connectivity index (χ1n) is 4.68. The van der Waals surface area contributed by atoms with Gasteiger partial charge >= 0.3 is 0 Å². The van der Waals surface area contributed by atoms with Gasteiger partial charge in [-0.25, -0.2) is 4.98 Å². The minimum Gasteiger partial charge on any atom is -0.370 e. The Morgan fingerprint density at radius 2 is 2.50 bits per heavy atom. The fourth-order valence-corrected chi connectivity index (χ4v) is 1.55. The molecule has 1 aliphatic rings. The van der Waals surface area contributed by atoms with E-state index in [1.165, 1.54) is 5.56 Å². The van der Waals surface area contributed by atoms with Gasteiger partial charge in [0.1, 0.15) is 5.82 Å². The summed E-state index contributed by atoms with van der Waals surface area (Å²) in [5.74, 6) is 7.65. The van der Waals surface area contributed by atoms with Gasteiger partial charge in [0.25, 0.3) is 0 Å². The van der Waals surface area contributed by atoms with E-state index >= 15 is 0 Å². The number of nitrogens with one attached hydrogen (secondary N) is 1. The first kappa shape index (κ1) is 9.36. The van der Waals surface area contributed by atoms with Gasteiger partial charge in [-0.1, -0.05) is 11.8 Å². The summed E-state index contributed by atoms with van der Waals surface area (Å²) in [6.07, 6.45) is 3.59. The average molecular weight is 207 g/mol. The Kier molecular flexibility index (Phi) is 2.90.